The first-order chi connectivity index (χ1) is 14.1. The van der Waals surface area contributed by atoms with Crippen LogP contribution in [-0.4, -0.2) is 51.2 Å². The van der Waals surface area contributed by atoms with Crippen LogP contribution in [0, 0.1) is 11.3 Å². The Morgan fingerprint density at radius 2 is 1.72 bits per heavy atom. The third-order valence-corrected chi connectivity index (χ3v) is 4.76. The molecule has 150 valence electrons. The number of rotatable bonds is 6. The summed E-state index contributed by atoms with van der Waals surface area (Å²) >= 11 is 0. The number of nitriles is 1. The highest BCUT2D eigenvalue weighted by atomic mass is 16.5. The van der Waals surface area contributed by atoms with Crippen molar-refractivity contribution in [3.63, 3.8) is 0 Å². The van der Waals surface area contributed by atoms with Crippen molar-refractivity contribution in [2.75, 3.05) is 50.6 Å². The predicted molar refractivity (Wildman–Crippen MR) is 112 cm³/mol. The zero-order valence-corrected chi connectivity index (χ0v) is 16.6. The van der Waals surface area contributed by atoms with Crippen molar-refractivity contribution < 1.29 is 14.3 Å². The van der Waals surface area contributed by atoms with Crippen LogP contribution >= 0.6 is 0 Å². The zero-order chi connectivity index (χ0) is 20.6. The number of amides is 1. The first-order valence-corrected chi connectivity index (χ1v) is 9.34. The Balaban J connectivity index is 1.61. The predicted octanol–water partition coefficient (Wildman–Crippen LogP) is 2.87. The highest BCUT2D eigenvalue weighted by Crippen LogP contribution is 2.28. The van der Waals surface area contributed by atoms with E-state index < -0.39 is 5.91 Å². The van der Waals surface area contributed by atoms with Gasteiger partial charge < -0.3 is 24.6 Å². The van der Waals surface area contributed by atoms with E-state index in [1.165, 1.54) is 0 Å². The molecule has 0 unspecified atom stereocenters. The number of carbonyl (C=O) groups excluding carboxylic acids is 1. The number of carbonyl (C=O) groups is 1. The molecule has 7 nitrogen and oxygen atoms in total. The second-order valence-corrected chi connectivity index (χ2v) is 6.53. The average Bonchev–Trinajstić information content (AvgIpc) is 2.78. The van der Waals surface area contributed by atoms with Crippen molar-refractivity contribution in [1.82, 2.24) is 4.90 Å². The largest absolute Gasteiger partial charge is 0.497 e. The number of anilines is 2. The van der Waals surface area contributed by atoms with Crippen molar-refractivity contribution in [1.29, 1.82) is 5.26 Å². The Morgan fingerprint density at radius 3 is 2.34 bits per heavy atom. The number of nitrogens with zero attached hydrogens (tertiary/aromatic N) is 3. The Labute approximate surface area is 170 Å². The maximum atomic E-state index is 12.5. The number of nitrogens with one attached hydrogen (secondary N) is 1. The Kier molecular flexibility index (Phi) is 6.59. The fourth-order valence-electron chi connectivity index (χ4n) is 3.18. The summed E-state index contributed by atoms with van der Waals surface area (Å²) in [6.07, 6.45) is 1.64. The molecule has 2 aromatic carbocycles. The summed E-state index contributed by atoms with van der Waals surface area (Å²) in [6, 6.07) is 16.9. The second-order valence-electron chi connectivity index (χ2n) is 6.53. The van der Waals surface area contributed by atoms with Gasteiger partial charge in [-0.15, -0.1) is 0 Å². The third kappa shape index (κ3) is 4.99. The average molecular weight is 392 g/mol. The number of hydrogen-bond acceptors (Lipinski definition) is 6. The number of hydrogen-bond donors (Lipinski definition) is 1. The maximum absolute atomic E-state index is 12.5. The SMILES string of the molecule is COc1ccc(NC(=O)/C(C#N)=C\N2CCN(c3ccccc3OC)CC2)cc1. The fourth-order valence-corrected chi connectivity index (χ4v) is 3.18. The molecule has 1 heterocycles. The lowest BCUT2D eigenvalue weighted by molar-refractivity contribution is -0.112. The molecule has 1 N–H and O–H groups in total. The molecule has 0 spiro atoms. The van der Waals surface area contributed by atoms with Gasteiger partial charge in [0.15, 0.2) is 0 Å². The summed E-state index contributed by atoms with van der Waals surface area (Å²) in [5.74, 6) is 1.12. The lowest BCUT2D eigenvalue weighted by Gasteiger charge is -2.36. The molecule has 1 aliphatic rings. The molecule has 7 heteroatoms. The highest BCUT2D eigenvalue weighted by molar-refractivity contribution is 6.06. The molecule has 2 aromatic rings. The Morgan fingerprint density at radius 1 is 1.03 bits per heavy atom. The Bertz CT molecular complexity index is 910. The monoisotopic (exact) mass is 392 g/mol. The van der Waals surface area contributed by atoms with E-state index in [-0.39, 0.29) is 5.57 Å². The molecule has 0 atom stereocenters. The molecule has 1 saturated heterocycles. The van der Waals surface area contributed by atoms with Gasteiger partial charge >= 0.3 is 0 Å². The molecule has 1 fully saturated rings. The van der Waals surface area contributed by atoms with E-state index in [1.54, 1.807) is 44.7 Å². The van der Waals surface area contributed by atoms with Crippen LogP contribution in [0.3, 0.4) is 0 Å². The van der Waals surface area contributed by atoms with E-state index >= 15 is 0 Å². The topological polar surface area (TPSA) is 77.8 Å². The first-order valence-electron chi connectivity index (χ1n) is 9.34. The van der Waals surface area contributed by atoms with Crippen LogP contribution in [0.25, 0.3) is 0 Å². The van der Waals surface area contributed by atoms with Crippen LogP contribution in [0.1, 0.15) is 0 Å². The van der Waals surface area contributed by atoms with Crippen molar-refractivity contribution >= 4 is 17.3 Å². The fraction of sp³-hybridized carbons (Fsp3) is 0.273. The second kappa shape index (κ2) is 9.51. The minimum Gasteiger partial charge on any atom is -0.497 e. The van der Waals surface area contributed by atoms with Gasteiger partial charge in [0, 0.05) is 38.1 Å². The maximum Gasteiger partial charge on any atom is 0.267 e. The van der Waals surface area contributed by atoms with Crippen molar-refractivity contribution in [2.45, 2.75) is 0 Å². The van der Waals surface area contributed by atoms with Gasteiger partial charge in [-0.05, 0) is 36.4 Å². The quantitative estimate of drug-likeness (QED) is 0.602. The van der Waals surface area contributed by atoms with Gasteiger partial charge in [-0.25, -0.2) is 0 Å². The van der Waals surface area contributed by atoms with E-state index in [1.807, 2.05) is 35.2 Å². The lowest BCUT2D eigenvalue weighted by Crippen LogP contribution is -2.44. The normalized spacial score (nSPS) is 14.2. The summed E-state index contributed by atoms with van der Waals surface area (Å²) < 4.78 is 10.5. The first kappa shape index (κ1) is 20.1. The molecule has 0 bridgehead atoms. The number of piperazine rings is 1. The number of ether oxygens (including phenoxy) is 2. The molecular weight excluding hydrogens is 368 g/mol. The molecular formula is C22H24N4O3. The van der Waals surface area contributed by atoms with E-state index in [0.717, 1.165) is 24.5 Å². The van der Waals surface area contributed by atoms with Crippen molar-refractivity contribution in [3.8, 4) is 17.6 Å². The number of benzene rings is 2. The summed E-state index contributed by atoms with van der Waals surface area (Å²) in [4.78, 5) is 16.7. The molecule has 0 radical (unpaired) electrons. The van der Waals surface area contributed by atoms with Crippen molar-refractivity contribution in [3.05, 3.63) is 60.3 Å². The van der Waals surface area contributed by atoms with Crippen molar-refractivity contribution in [2.24, 2.45) is 0 Å². The smallest absolute Gasteiger partial charge is 0.267 e. The van der Waals surface area contributed by atoms with Gasteiger partial charge in [0.2, 0.25) is 0 Å². The van der Waals surface area contributed by atoms with Gasteiger partial charge in [-0.1, -0.05) is 12.1 Å². The molecule has 1 aliphatic heterocycles. The summed E-state index contributed by atoms with van der Waals surface area (Å²) in [5, 5.41) is 12.2. The third-order valence-electron chi connectivity index (χ3n) is 4.76. The molecule has 3 rings (SSSR count). The lowest BCUT2D eigenvalue weighted by atomic mass is 10.2. The van der Waals surface area contributed by atoms with Crippen LogP contribution in [0.5, 0.6) is 11.5 Å². The number of methoxy groups -OCH3 is 2. The molecule has 0 aromatic heterocycles. The van der Waals surface area contributed by atoms with E-state index in [0.29, 0.717) is 24.5 Å². The minimum absolute atomic E-state index is 0.0755. The Hall–Kier alpha value is -3.66. The number of para-hydroxylation sites is 2. The van der Waals surface area contributed by atoms with Gasteiger partial charge in [-0.2, -0.15) is 5.26 Å². The standard InChI is InChI=1S/C22H24N4O3/c1-28-19-9-7-18(8-10-19)24-22(27)17(15-23)16-25-11-13-26(14-12-25)20-5-3-4-6-21(20)29-2/h3-10,16H,11-14H2,1-2H3,(H,24,27)/b17-16-. The van der Waals surface area contributed by atoms with Crippen LogP contribution < -0.4 is 19.7 Å². The van der Waals surface area contributed by atoms with Crippen LogP contribution in [-0.2, 0) is 4.79 Å². The molecule has 1 amide bonds. The van der Waals surface area contributed by atoms with Gasteiger partial charge in [0.05, 0.1) is 19.9 Å². The summed E-state index contributed by atoms with van der Waals surface area (Å²) in [7, 11) is 3.25. The minimum atomic E-state index is -0.426. The summed E-state index contributed by atoms with van der Waals surface area (Å²) in [5.41, 5.74) is 1.74. The van der Waals surface area contributed by atoms with Crippen LogP contribution in [0.15, 0.2) is 60.3 Å². The highest BCUT2D eigenvalue weighted by Gasteiger charge is 2.19. The molecule has 0 aliphatic carbocycles. The summed E-state index contributed by atoms with van der Waals surface area (Å²) in [6.45, 7) is 2.96. The van der Waals surface area contributed by atoms with Gasteiger partial charge in [0.1, 0.15) is 23.1 Å². The van der Waals surface area contributed by atoms with Gasteiger partial charge in [0.25, 0.3) is 5.91 Å². The van der Waals surface area contributed by atoms with Gasteiger partial charge in [-0.3, -0.25) is 4.79 Å². The van der Waals surface area contributed by atoms with Crippen LogP contribution in [0.4, 0.5) is 11.4 Å². The molecule has 29 heavy (non-hydrogen) atoms. The van der Waals surface area contributed by atoms with E-state index in [4.69, 9.17) is 9.47 Å². The molecule has 0 saturated carbocycles. The van der Waals surface area contributed by atoms with E-state index in [9.17, 15) is 10.1 Å². The van der Waals surface area contributed by atoms with Crippen LogP contribution in [0.2, 0.25) is 0 Å². The van der Waals surface area contributed by atoms with E-state index in [2.05, 4.69) is 10.2 Å². The zero-order valence-electron chi connectivity index (χ0n) is 16.6.